The molecule has 1 heterocycles. The molecule has 2 N–H and O–H groups in total. The Balaban J connectivity index is 0.00000280. The van der Waals surface area contributed by atoms with Gasteiger partial charge in [-0.3, -0.25) is 4.55 Å². The summed E-state index contributed by atoms with van der Waals surface area (Å²) in [4.78, 5) is 16.4. The molecule has 3 aromatic rings. The first kappa shape index (κ1) is 22.3. The van der Waals surface area contributed by atoms with E-state index in [4.69, 9.17) is 10.1 Å². The number of carbonyl (C=O) groups is 1. The van der Waals surface area contributed by atoms with Crippen LogP contribution in [0.4, 0.5) is 0 Å². The van der Waals surface area contributed by atoms with Crippen LogP contribution in [0.5, 0.6) is 0 Å². The average molecular weight is 464 g/mol. The molecule has 0 aliphatic rings. The minimum absolute atomic E-state index is 0. The van der Waals surface area contributed by atoms with Gasteiger partial charge in [0, 0.05) is 26.8 Å². The fourth-order valence-electron chi connectivity index (χ4n) is 3.07. The third-order valence-electron chi connectivity index (χ3n) is 3.99. The molecule has 28 heavy (non-hydrogen) atoms. The number of aromatic nitrogens is 1. The van der Waals surface area contributed by atoms with Crippen LogP contribution in [0.15, 0.2) is 29.2 Å². The first-order valence-corrected chi connectivity index (χ1v) is 10.3. The molecule has 1 aromatic heterocycles. The van der Waals surface area contributed by atoms with E-state index < -0.39 is 16.1 Å². The Morgan fingerprint density at radius 1 is 1.21 bits per heavy atom. The number of fused-ring (bicyclic) bond motifs is 1. The second-order valence-electron chi connectivity index (χ2n) is 6.04. The molecule has 3 rings (SSSR count). The maximum atomic E-state index is 12.5. The Labute approximate surface area is 175 Å². The number of hydrogen-bond donors (Lipinski definition) is 2. The summed E-state index contributed by atoms with van der Waals surface area (Å²) in [6.45, 7) is 5.19. The minimum Gasteiger partial charge on any atom is -0.473 e. The standard InChI is InChI=1S/C18H18N2O5S2.Ni/c1-4-25-17(21)13-8-15-14(20-18(19)26-15)7-11(13)12-6-9(2)5-10(3)16(12)27(22,23)24;/h5-8H,4H2,1-3H3,(H3,19,20,21,22,23,24);/p-1. The molecule has 0 fully saturated rings. The van der Waals surface area contributed by atoms with Crippen LogP contribution in [0.3, 0.4) is 0 Å². The van der Waals surface area contributed by atoms with Gasteiger partial charge in [-0.05, 0) is 60.4 Å². The van der Waals surface area contributed by atoms with Crippen LogP contribution in [0, 0.1) is 19.3 Å². The molecule has 7 nitrogen and oxygen atoms in total. The van der Waals surface area contributed by atoms with Gasteiger partial charge in [-0.25, -0.2) is 4.79 Å². The summed E-state index contributed by atoms with van der Waals surface area (Å²) >= 11 is 1.10. The molecule has 152 valence electrons. The van der Waals surface area contributed by atoms with Crippen LogP contribution < -0.4 is 9.79 Å². The summed E-state index contributed by atoms with van der Waals surface area (Å²) in [6.07, 6.45) is 0. The van der Waals surface area contributed by atoms with E-state index in [1.165, 1.54) is 0 Å². The van der Waals surface area contributed by atoms with Crippen molar-refractivity contribution in [3.8, 4) is 11.1 Å². The first-order chi connectivity index (χ1) is 12.6. The molecule has 0 spiro atoms. The van der Waals surface area contributed by atoms with E-state index in [9.17, 15) is 17.8 Å². The molecule has 0 bridgehead atoms. The quantitative estimate of drug-likeness (QED) is 0.348. The number of carbonyl (C=O) groups excluding carboxylic acids is 1. The Morgan fingerprint density at radius 2 is 1.89 bits per heavy atom. The van der Waals surface area contributed by atoms with Crippen LogP contribution in [0.25, 0.3) is 21.3 Å². The van der Waals surface area contributed by atoms with Gasteiger partial charge in [0.1, 0.15) is 4.90 Å². The van der Waals surface area contributed by atoms with Crippen LogP contribution in [0.2, 0.25) is 0 Å². The van der Waals surface area contributed by atoms with Gasteiger partial charge in [0.2, 0.25) is 0 Å². The van der Waals surface area contributed by atoms with Crippen molar-refractivity contribution in [3.05, 3.63) is 45.8 Å². The van der Waals surface area contributed by atoms with Crippen molar-refractivity contribution in [2.45, 2.75) is 25.7 Å². The monoisotopic (exact) mass is 463 g/mol. The number of esters is 1. The summed E-state index contributed by atoms with van der Waals surface area (Å²) < 4.78 is 39.6. The van der Waals surface area contributed by atoms with Gasteiger partial charge >= 0.3 is 5.97 Å². The molecule has 0 radical (unpaired) electrons. The van der Waals surface area contributed by atoms with E-state index in [0.717, 1.165) is 16.9 Å². The zero-order valence-corrected chi connectivity index (χ0v) is 17.8. The summed E-state index contributed by atoms with van der Waals surface area (Å²) in [7, 11) is -4.54. The minimum atomic E-state index is -4.54. The maximum absolute atomic E-state index is 12.5. The molecule has 0 amide bonds. The van der Waals surface area contributed by atoms with Gasteiger partial charge in [-0.2, -0.15) is 8.42 Å². The average Bonchev–Trinajstić information content (AvgIpc) is 2.90. The van der Waals surface area contributed by atoms with Crippen molar-refractivity contribution < 1.29 is 39.0 Å². The van der Waals surface area contributed by atoms with Gasteiger partial charge in [0.05, 0.1) is 12.2 Å². The van der Waals surface area contributed by atoms with Crippen LogP contribution in [-0.4, -0.2) is 25.5 Å². The summed E-state index contributed by atoms with van der Waals surface area (Å²) in [5.74, 6) is -0.616. The molecular formula is C18H17N2NiO5S2-. The molecule has 0 saturated carbocycles. The molecule has 10 heteroatoms. The molecule has 0 unspecified atom stereocenters. The van der Waals surface area contributed by atoms with Gasteiger partial charge in [0.15, 0.2) is 0 Å². The van der Waals surface area contributed by atoms with Gasteiger partial charge in [-0.15, -0.1) is 11.3 Å². The number of benzene rings is 2. The number of hydrogen-bond acceptors (Lipinski definition) is 6. The zero-order chi connectivity index (χ0) is 19.9. The van der Waals surface area contributed by atoms with E-state index in [1.807, 2.05) is 0 Å². The van der Waals surface area contributed by atoms with Gasteiger partial charge in [-0.1, -0.05) is 11.6 Å². The number of thiazole rings is 1. The first-order valence-electron chi connectivity index (χ1n) is 8.04. The Hall–Kier alpha value is -2.00. The van der Waals surface area contributed by atoms with E-state index in [0.29, 0.717) is 15.8 Å². The predicted octanol–water partition coefficient (Wildman–Crippen LogP) is 3.04. The van der Waals surface area contributed by atoms with Crippen molar-refractivity contribution in [2.75, 3.05) is 6.61 Å². The molecule has 0 saturated heterocycles. The van der Waals surface area contributed by atoms with Crippen molar-refractivity contribution >= 4 is 37.6 Å². The van der Waals surface area contributed by atoms with Crippen LogP contribution >= 0.6 is 11.3 Å². The van der Waals surface area contributed by atoms with E-state index in [2.05, 4.69) is 4.98 Å². The third kappa shape index (κ3) is 4.20. The van der Waals surface area contributed by atoms with E-state index >= 15 is 0 Å². The normalized spacial score (nSPS) is 11.3. The van der Waals surface area contributed by atoms with Crippen molar-refractivity contribution in [1.82, 2.24) is 4.98 Å². The fourth-order valence-corrected chi connectivity index (χ4v) is 4.72. The van der Waals surface area contributed by atoms with Crippen molar-refractivity contribution in [3.63, 3.8) is 0 Å². The summed E-state index contributed by atoms with van der Waals surface area (Å²) in [5.41, 5.74) is 2.23. The van der Waals surface area contributed by atoms with E-state index in [1.54, 1.807) is 45.0 Å². The topological polar surface area (TPSA) is 119 Å². The largest absolute Gasteiger partial charge is 0.473 e. The van der Waals surface area contributed by atoms with Crippen molar-refractivity contribution in [2.24, 2.45) is 0 Å². The van der Waals surface area contributed by atoms with Gasteiger partial charge in [0.25, 0.3) is 10.1 Å². The Kier molecular flexibility index (Phi) is 6.50. The zero-order valence-electron chi connectivity index (χ0n) is 15.2. The second kappa shape index (κ2) is 8.17. The number of rotatable bonds is 4. The molecular weight excluding hydrogens is 447 g/mol. The number of nitrogens with one attached hydrogen (secondary N) is 1. The van der Waals surface area contributed by atoms with Gasteiger partial charge < -0.3 is 15.1 Å². The summed E-state index contributed by atoms with van der Waals surface area (Å²) in [5, 5.41) is 7.72. The smallest absolute Gasteiger partial charge is 0.338 e. The molecule has 0 aliphatic heterocycles. The molecule has 0 aliphatic carbocycles. The van der Waals surface area contributed by atoms with Crippen LogP contribution in [-0.2, 0) is 31.3 Å². The Morgan fingerprint density at radius 3 is 2.50 bits per heavy atom. The van der Waals surface area contributed by atoms with E-state index in [-0.39, 0.29) is 49.5 Å². The maximum Gasteiger partial charge on any atom is 0.338 e. The number of aryl methyl sites for hydroxylation is 2. The second-order valence-corrected chi connectivity index (χ2v) is 8.43. The number of ether oxygens (including phenoxy) is 1. The Bertz CT molecular complexity index is 1230. The van der Waals surface area contributed by atoms with Crippen molar-refractivity contribution in [1.29, 1.82) is 5.41 Å². The molecule has 0 atom stereocenters. The number of nitrogens with zero attached hydrogens (tertiary/aromatic N) is 1. The fraction of sp³-hybridized carbons (Fsp3) is 0.222. The predicted molar refractivity (Wildman–Crippen MR) is 102 cm³/mol. The summed E-state index contributed by atoms with van der Waals surface area (Å²) in [6, 6.07) is 6.33. The van der Waals surface area contributed by atoms with Crippen LogP contribution in [0.1, 0.15) is 28.4 Å². The third-order valence-corrected chi connectivity index (χ3v) is 5.88. The SMILES string of the molecule is CCOC(=O)c1cc2sc(=N)[n-]c2cc1-c1cc(C)cc(C)c1S(=O)(=O)O.[Ni]. The molecule has 2 aromatic carbocycles.